The van der Waals surface area contributed by atoms with Crippen molar-refractivity contribution in [1.29, 1.82) is 0 Å². The van der Waals surface area contributed by atoms with Crippen molar-refractivity contribution in [2.24, 2.45) is 0 Å². The molecule has 24 heavy (non-hydrogen) atoms. The van der Waals surface area contributed by atoms with E-state index in [1.807, 2.05) is 30.3 Å². The smallest absolute Gasteiger partial charge is 0.251 e. The molecular formula is C19H21ClN2O2. The van der Waals surface area contributed by atoms with Crippen LogP contribution in [0.1, 0.15) is 22.8 Å². The second kappa shape index (κ2) is 9.08. The predicted octanol–water partition coefficient (Wildman–Crippen LogP) is 3.16. The first-order valence-corrected chi connectivity index (χ1v) is 8.27. The van der Waals surface area contributed by atoms with Crippen LogP contribution < -0.4 is 5.32 Å². The molecule has 4 nitrogen and oxygen atoms in total. The van der Waals surface area contributed by atoms with Gasteiger partial charge in [0.05, 0.1) is 0 Å². The number of benzene rings is 2. The van der Waals surface area contributed by atoms with Crippen molar-refractivity contribution in [2.45, 2.75) is 13.3 Å². The summed E-state index contributed by atoms with van der Waals surface area (Å²) < 4.78 is 0. The van der Waals surface area contributed by atoms with Gasteiger partial charge in [-0.1, -0.05) is 48.0 Å². The highest BCUT2D eigenvalue weighted by atomic mass is 35.5. The van der Waals surface area contributed by atoms with Crippen LogP contribution >= 0.6 is 11.6 Å². The second-order valence-corrected chi connectivity index (χ2v) is 5.94. The predicted molar refractivity (Wildman–Crippen MR) is 96.2 cm³/mol. The van der Waals surface area contributed by atoms with Crippen LogP contribution in [0.2, 0.25) is 5.02 Å². The van der Waals surface area contributed by atoms with E-state index >= 15 is 0 Å². The van der Waals surface area contributed by atoms with E-state index in [1.165, 1.54) is 5.56 Å². The van der Waals surface area contributed by atoms with Gasteiger partial charge in [0.2, 0.25) is 5.91 Å². The average molecular weight is 345 g/mol. The van der Waals surface area contributed by atoms with Crippen LogP contribution in [0.5, 0.6) is 0 Å². The maximum absolute atomic E-state index is 12.1. The number of amides is 2. The number of halogens is 1. The second-order valence-electron chi connectivity index (χ2n) is 5.51. The normalized spacial score (nSPS) is 10.2. The zero-order valence-corrected chi connectivity index (χ0v) is 14.4. The minimum Gasteiger partial charge on any atom is -0.350 e. The molecule has 1 N–H and O–H groups in total. The number of nitrogens with zero attached hydrogens (tertiary/aromatic N) is 1. The van der Waals surface area contributed by atoms with Gasteiger partial charge in [-0.05, 0) is 30.2 Å². The van der Waals surface area contributed by atoms with Gasteiger partial charge in [0.1, 0.15) is 0 Å². The summed E-state index contributed by atoms with van der Waals surface area (Å²) in [7, 11) is 0. The van der Waals surface area contributed by atoms with E-state index in [1.54, 1.807) is 36.1 Å². The van der Waals surface area contributed by atoms with E-state index in [0.29, 0.717) is 30.2 Å². The summed E-state index contributed by atoms with van der Waals surface area (Å²) in [6.45, 7) is 3.06. The fourth-order valence-corrected chi connectivity index (χ4v) is 2.56. The van der Waals surface area contributed by atoms with Gasteiger partial charge in [-0.2, -0.15) is 0 Å². The van der Waals surface area contributed by atoms with E-state index in [9.17, 15) is 9.59 Å². The Morgan fingerprint density at radius 2 is 1.79 bits per heavy atom. The highest BCUT2D eigenvalue weighted by Gasteiger charge is 2.10. The molecule has 0 aliphatic heterocycles. The molecule has 0 unspecified atom stereocenters. The molecule has 0 heterocycles. The highest BCUT2D eigenvalue weighted by Crippen LogP contribution is 2.10. The van der Waals surface area contributed by atoms with Crippen molar-refractivity contribution >= 4 is 23.4 Å². The van der Waals surface area contributed by atoms with Crippen LogP contribution in [-0.2, 0) is 11.2 Å². The van der Waals surface area contributed by atoms with Crippen molar-refractivity contribution < 1.29 is 9.59 Å². The summed E-state index contributed by atoms with van der Waals surface area (Å²) in [6.07, 6.45) is 0.794. The highest BCUT2D eigenvalue weighted by molar-refractivity contribution is 6.30. The number of rotatable bonds is 7. The molecule has 0 aliphatic rings. The molecule has 0 saturated carbocycles. The summed E-state index contributed by atoms with van der Waals surface area (Å²) >= 11 is 5.88. The molecule has 0 bridgehead atoms. The zero-order chi connectivity index (χ0) is 17.4. The van der Waals surface area contributed by atoms with E-state index < -0.39 is 0 Å². The lowest BCUT2D eigenvalue weighted by atomic mass is 10.1. The molecule has 0 fully saturated rings. The molecule has 2 rings (SSSR count). The molecule has 5 heteroatoms. The molecule has 0 saturated heterocycles. The lowest BCUT2D eigenvalue weighted by Crippen LogP contribution is -2.38. The molecule has 0 radical (unpaired) electrons. The molecule has 0 spiro atoms. The first-order valence-electron chi connectivity index (χ1n) is 7.89. The van der Waals surface area contributed by atoms with Crippen molar-refractivity contribution in [3.05, 3.63) is 70.7 Å². The average Bonchev–Trinajstić information content (AvgIpc) is 2.58. The quantitative estimate of drug-likeness (QED) is 0.838. The third-order valence-corrected chi connectivity index (χ3v) is 3.95. The van der Waals surface area contributed by atoms with Crippen molar-refractivity contribution in [2.75, 3.05) is 19.6 Å². The molecule has 2 aromatic carbocycles. The van der Waals surface area contributed by atoms with E-state index in [4.69, 9.17) is 11.6 Å². The Balaban J connectivity index is 1.81. The molecule has 2 aromatic rings. The topological polar surface area (TPSA) is 49.4 Å². The Bertz CT molecular complexity index is 689. The van der Waals surface area contributed by atoms with Gasteiger partial charge in [0, 0.05) is 37.1 Å². The number of carbonyl (C=O) groups is 2. The Kier molecular flexibility index (Phi) is 6.82. The maximum atomic E-state index is 12.1. The Labute approximate surface area is 147 Å². The van der Waals surface area contributed by atoms with Crippen LogP contribution in [0.3, 0.4) is 0 Å². The summed E-state index contributed by atoms with van der Waals surface area (Å²) in [4.78, 5) is 25.5. The molecule has 0 atom stereocenters. The number of carbonyl (C=O) groups excluding carboxylic acids is 2. The minimum atomic E-state index is -0.191. The third kappa shape index (κ3) is 5.70. The van der Waals surface area contributed by atoms with Crippen molar-refractivity contribution in [1.82, 2.24) is 10.2 Å². The molecule has 0 aromatic heterocycles. The van der Waals surface area contributed by atoms with Crippen LogP contribution in [0.15, 0.2) is 54.6 Å². The van der Waals surface area contributed by atoms with Crippen molar-refractivity contribution in [3.8, 4) is 0 Å². The van der Waals surface area contributed by atoms with Crippen LogP contribution in [-0.4, -0.2) is 36.3 Å². The molecule has 2 amide bonds. The zero-order valence-electron chi connectivity index (χ0n) is 13.7. The lowest BCUT2D eigenvalue weighted by molar-refractivity contribution is -0.128. The first-order chi connectivity index (χ1) is 11.6. The van der Waals surface area contributed by atoms with Gasteiger partial charge >= 0.3 is 0 Å². The van der Waals surface area contributed by atoms with E-state index in [2.05, 4.69) is 5.32 Å². The molecular weight excluding hydrogens is 324 g/mol. The maximum Gasteiger partial charge on any atom is 0.251 e. The summed E-state index contributed by atoms with van der Waals surface area (Å²) in [6, 6.07) is 16.8. The minimum absolute atomic E-state index is 0.00272. The molecule has 126 valence electrons. The Morgan fingerprint density at radius 3 is 2.46 bits per heavy atom. The van der Waals surface area contributed by atoms with Gasteiger partial charge in [0.15, 0.2) is 0 Å². The van der Waals surface area contributed by atoms with Crippen LogP contribution in [0, 0.1) is 0 Å². The van der Waals surface area contributed by atoms with Crippen molar-refractivity contribution in [3.63, 3.8) is 0 Å². The molecule has 0 aliphatic carbocycles. The van der Waals surface area contributed by atoms with Crippen LogP contribution in [0.4, 0.5) is 0 Å². The van der Waals surface area contributed by atoms with Gasteiger partial charge in [-0.15, -0.1) is 0 Å². The standard InChI is InChI=1S/C19H21ClN2O2/c1-15(23)22(12-10-16-6-3-2-4-7-16)13-11-21-19(24)17-8-5-9-18(20)14-17/h2-9,14H,10-13H2,1H3,(H,21,24). The largest absolute Gasteiger partial charge is 0.350 e. The van der Waals surface area contributed by atoms with Gasteiger partial charge in [-0.3, -0.25) is 9.59 Å². The monoisotopic (exact) mass is 344 g/mol. The van der Waals surface area contributed by atoms with Gasteiger partial charge in [-0.25, -0.2) is 0 Å². The fourth-order valence-electron chi connectivity index (χ4n) is 2.37. The summed E-state index contributed by atoms with van der Waals surface area (Å²) in [5.74, 6) is -0.188. The SMILES string of the molecule is CC(=O)N(CCNC(=O)c1cccc(Cl)c1)CCc1ccccc1. The lowest BCUT2D eigenvalue weighted by Gasteiger charge is -2.21. The van der Waals surface area contributed by atoms with Crippen LogP contribution in [0.25, 0.3) is 0 Å². The van der Waals surface area contributed by atoms with Gasteiger partial charge < -0.3 is 10.2 Å². The first kappa shape index (κ1) is 18.0. The number of hydrogen-bond acceptors (Lipinski definition) is 2. The van der Waals surface area contributed by atoms with Gasteiger partial charge in [0.25, 0.3) is 5.91 Å². The van der Waals surface area contributed by atoms with E-state index in [-0.39, 0.29) is 11.8 Å². The number of nitrogens with one attached hydrogen (secondary N) is 1. The number of hydrogen-bond donors (Lipinski definition) is 1. The van der Waals surface area contributed by atoms with E-state index in [0.717, 1.165) is 6.42 Å². The Morgan fingerprint density at radius 1 is 1.04 bits per heavy atom. The summed E-state index contributed by atoms with van der Waals surface area (Å²) in [5, 5.41) is 3.34. The fraction of sp³-hybridized carbons (Fsp3) is 0.263. The Hall–Kier alpha value is -2.33. The third-order valence-electron chi connectivity index (χ3n) is 3.71. The summed E-state index contributed by atoms with van der Waals surface area (Å²) in [5.41, 5.74) is 1.70.